The number of carbonyl (C=O) groups is 1. The quantitative estimate of drug-likeness (QED) is 0.552. The van der Waals surface area contributed by atoms with Gasteiger partial charge in [-0.2, -0.15) is 5.10 Å². The fourth-order valence-corrected chi connectivity index (χ4v) is 3.60. The Balaban J connectivity index is 1.69. The smallest absolute Gasteiger partial charge is 0.272 e. The van der Waals surface area contributed by atoms with Crippen LogP contribution in [0.25, 0.3) is 22.2 Å². The first-order chi connectivity index (χ1) is 13.6. The van der Waals surface area contributed by atoms with Crippen molar-refractivity contribution in [3.63, 3.8) is 0 Å². The number of benzene rings is 2. The zero-order valence-corrected chi connectivity index (χ0v) is 16.2. The Kier molecular flexibility index (Phi) is 5.12. The number of aromatic nitrogens is 1. The Bertz CT molecular complexity index is 1020. The van der Waals surface area contributed by atoms with E-state index in [-0.39, 0.29) is 5.91 Å². The van der Waals surface area contributed by atoms with Crippen LogP contribution in [-0.4, -0.2) is 49.2 Å². The Labute approximate surface area is 164 Å². The van der Waals surface area contributed by atoms with Crippen LogP contribution in [0.4, 0.5) is 5.69 Å². The minimum atomic E-state index is -0.185. The number of rotatable bonds is 7. The van der Waals surface area contributed by atoms with Crippen molar-refractivity contribution in [2.75, 3.05) is 32.5 Å². The Morgan fingerprint density at radius 3 is 2.71 bits per heavy atom. The summed E-state index contributed by atoms with van der Waals surface area (Å²) in [4.78, 5) is 18.3. The fourth-order valence-electron chi connectivity index (χ4n) is 3.60. The summed E-state index contributed by atoms with van der Waals surface area (Å²) in [5.41, 5.74) is 8.11. The van der Waals surface area contributed by atoms with Gasteiger partial charge in [-0.05, 0) is 51.2 Å². The molecule has 0 atom stereocenters. The van der Waals surface area contributed by atoms with E-state index < -0.39 is 0 Å². The van der Waals surface area contributed by atoms with Gasteiger partial charge in [0.15, 0.2) is 0 Å². The number of unbranched alkanes of at least 4 members (excludes halogenated alkanes) is 1. The highest BCUT2D eigenvalue weighted by molar-refractivity contribution is 6.17. The number of aromatic amines is 1. The van der Waals surface area contributed by atoms with E-state index in [1.807, 2.05) is 24.3 Å². The summed E-state index contributed by atoms with van der Waals surface area (Å²) in [5, 5.41) is 8.49. The summed E-state index contributed by atoms with van der Waals surface area (Å²) in [7, 11) is 4.17. The summed E-state index contributed by atoms with van der Waals surface area (Å²) in [5.74, 6) is -0.185. The zero-order valence-electron chi connectivity index (χ0n) is 16.2. The third-order valence-corrected chi connectivity index (χ3v) is 4.96. The molecule has 3 aromatic rings. The van der Waals surface area contributed by atoms with Gasteiger partial charge in [-0.3, -0.25) is 4.79 Å². The molecular weight excluding hydrogens is 350 g/mol. The number of amides is 1. The van der Waals surface area contributed by atoms with Gasteiger partial charge >= 0.3 is 0 Å². The number of hydrazone groups is 1. The standard InChI is InChI=1S/C22H25N5O/c1-27(2)11-7-6-10-23-16-12-17-20-18(14-24-26-22(17)28)21(25-19(20)13-16)15-8-4-3-5-9-15/h3-5,8-9,12-14,23,25H,6-7,10-11H2,1-2H3,(H,26,28). The van der Waals surface area contributed by atoms with Crippen LogP contribution >= 0.6 is 0 Å². The van der Waals surface area contributed by atoms with Crippen molar-refractivity contribution < 1.29 is 4.79 Å². The summed E-state index contributed by atoms with van der Waals surface area (Å²) in [6, 6.07) is 14.1. The van der Waals surface area contributed by atoms with E-state index in [4.69, 9.17) is 0 Å². The number of anilines is 1. The first-order valence-corrected chi connectivity index (χ1v) is 9.60. The molecule has 0 saturated heterocycles. The zero-order chi connectivity index (χ0) is 19.5. The highest BCUT2D eigenvalue weighted by Gasteiger charge is 2.21. The Morgan fingerprint density at radius 1 is 1.11 bits per heavy atom. The molecule has 3 N–H and O–H groups in total. The molecule has 6 nitrogen and oxygen atoms in total. The van der Waals surface area contributed by atoms with E-state index in [9.17, 15) is 4.79 Å². The van der Waals surface area contributed by atoms with E-state index >= 15 is 0 Å². The second kappa shape index (κ2) is 7.86. The van der Waals surface area contributed by atoms with Crippen LogP contribution in [0.15, 0.2) is 47.6 Å². The Hall–Kier alpha value is -3.12. The first kappa shape index (κ1) is 18.3. The van der Waals surface area contributed by atoms with Crippen molar-refractivity contribution >= 4 is 28.7 Å². The van der Waals surface area contributed by atoms with Gasteiger partial charge in [0.25, 0.3) is 5.91 Å². The van der Waals surface area contributed by atoms with Gasteiger partial charge in [-0.25, -0.2) is 5.43 Å². The van der Waals surface area contributed by atoms with Crippen LogP contribution in [0.5, 0.6) is 0 Å². The predicted molar refractivity (Wildman–Crippen MR) is 115 cm³/mol. The van der Waals surface area contributed by atoms with Crippen LogP contribution in [0.3, 0.4) is 0 Å². The van der Waals surface area contributed by atoms with Crippen LogP contribution in [0.2, 0.25) is 0 Å². The number of carbonyl (C=O) groups excluding carboxylic acids is 1. The molecule has 1 amide bonds. The average molecular weight is 375 g/mol. The van der Waals surface area contributed by atoms with Crippen molar-refractivity contribution in [1.82, 2.24) is 15.3 Å². The van der Waals surface area contributed by atoms with Crippen molar-refractivity contribution in [3.8, 4) is 11.3 Å². The molecule has 6 heteroatoms. The van der Waals surface area contributed by atoms with Crippen molar-refractivity contribution in [3.05, 3.63) is 53.6 Å². The molecule has 4 rings (SSSR count). The highest BCUT2D eigenvalue weighted by atomic mass is 16.2. The van der Waals surface area contributed by atoms with Crippen LogP contribution in [0.1, 0.15) is 28.8 Å². The largest absolute Gasteiger partial charge is 0.385 e. The molecule has 0 saturated carbocycles. The number of hydrogen-bond acceptors (Lipinski definition) is 4. The predicted octanol–water partition coefficient (Wildman–Crippen LogP) is 3.67. The maximum atomic E-state index is 12.6. The molecule has 0 spiro atoms. The fraction of sp³-hybridized carbons (Fsp3) is 0.273. The second-order valence-electron chi connectivity index (χ2n) is 7.36. The average Bonchev–Trinajstić information content (AvgIpc) is 2.97. The SMILES string of the molecule is CN(C)CCCCNc1cc2c3c(c(-c4ccccc4)[nH]c3c1)C=NNC2=O. The minimum Gasteiger partial charge on any atom is -0.385 e. The number of nitrogens with zero attached hydrogens (tertiary/aromatic N) is 2. The van der Waals surface area contributed by atoms with Crippen molar-refractivity contribution in [2.45, 2.75) is 12.8 Å². The van der Waals surface area contributed by atoms with Gasteiger partial charge in [0, 0.05) is 28.7 Å². The lowest BCUT2D eigenvalue weighted by molar-refractivity contribution is 0.0957. The molecule has 0 aliphatic carbocycles. The van der Waals surface area contributed by atoms with Gasteiger partial charge in [-0.1, -0.05) is 30.3 Å². The van der Waals surface area contributed by atoms with E-state index in [0.29, 0.717) is 5.56 Å². The summed E-state index contributed by atoms with van der Waals surface area (Å²) < 4.78 is 0. The van der Waals surface area contributed by atoms with Crippen LogP contribution in [0, 0.1) is 0 Å². The van der Waals surface area contributed by atoms with Gasteiger partial charge < -0.3 is 15.2 Å². The van der Waals surface area contributed by atoms with Gasteiger partial charge in [0.1, 0.15) is 0 Å². The normalized spacial score (nSPS) is 13.0. The van der Waals surface area contributed by atoms with Crippen LogP contribution < -0.4 is 10.7 Å². The molecule has 0 fully saturated rings. The van der Waals surface area contributed by atoms with Crippen LogP contribution in [-0.2, 0) is 0 Å². The third-order valence-electron chi connectivity index (χ3n) is 4.96. The molecule has 1 aliphatic heterocycles. The molecular formula is C22H25N5O. The number of H-pyrrole nitrogens is 1. The van der Waals surface area contributed by atoms with Crippen molar-refractivity contribution in [2.24, 2.45) is 5.10 Å². The highest BCUT2D eigenvalue weighted by Crippen LogP contribution is 2.34. The summed E-state index contributed by atoms with van der Waals surface area (Å²) >= 11 is 0. The van der Waals surface area contributed by atoms with E-state index in [1.165, 1.54) is 0 Å². The maximum absolute atomic E-state index is 12.6. The van der Waals surface area contributed by atoms with E-state index in [2.05, 4.69) is 58.0 Å². The molecule has 1 aliphatic rings. The van der Waals surface area contributed by atoms with Crippen molar-refractivity contribution in [1.29, 1.82) is 0 Å². The number of nitrogens with one attached hydrogen (secondary N) is 3. The molecule has 0 radical (unpaired) electrons. The summed E-state index contributed by atoms with van der Waals surface area (Å²) in [6.07, 6.45) is 3.93. The third kappa shape index (κ3) is 3.64. The molecule has 2 heterocycles. The van der Waals surface area contributed by atoms with Gasteiger partial charge in [0.2, 0.25) is 0 Å². The molecule has 2 aromatic carbocycles. The summed E-state index contributed by atoms with van der Waals surface area (Å²) in [6.45, 7) is 1.95. The van der Waals surface area contributed by atoms with E-state index in [0.717, 1.165) is 59.3 Å². The van der Waals surface area contributed by atoms with E-state index in [1.54, 1.807) is 6.21 Å². The Morgan fingerprint density at radius 2 is 1.93 bits per heavy atom. The lowest BCUT2D eigenvalue weighted by Crippen LogP contribution is -2.17. The minimum absolute atomic E-state index is 0.185. The monoisotopic (exact) mass is 375 g/mol. The first-order valence-electron chi connectivity index (χ1n) is 9.60. The molecule has 1 aromatic heterocycles. The lowest BCUT2D eigenvalue weighted by atomic mass is 10.0. The molecule has 0 unspecified atom stereocenters. The van der Waals surface area contributed by atoms with Gasteiger partial charge in [0.05, 0.1) is 17.5 Å². The lowest BCUT2D eigenvalue weighted by Gasteiger charge is -2.11. The molecule has 28 heavy (non-hydrogen) atoms. The molecule has 144 valence electrons. The van der Waals surface area contributed by atoms with Gasteiger partial charge in [-0.15, -0.1) is 0 Å². The topological polar surface area (TPSA) is 72.5 Å². The maximum Gasteiger partial charge on any atom is 0.272 e. The number of hydrogen-bond donors (Lipinski definition) is 3. The molecule has 0 bridgehead atoms. The second-order valence-corrected chi connectivity index (χ2v) is 7.36.